The van der Waals surface area contributed by atoms with Crippen LogP contribution < -0.4 is 11.1 Å². The molecule has 0 aliphatic heterocycles. The van der Waals surface area contributed by atoms with Crippen molar-refractivity contribution in [3.63, 3.8) is 0 Å². The molecule has 0 radical (unpaired) electrons. The van der Waals surface area contributed by atoms with E-state index in [-0.39, 0.29) is 17.6 Å². The van der Waals surface area contributed by atoms with E-state index >= 15 is 0 Å². The summed E-state index contributed by atoms with van der Waals surface area (Å²) in [5.74, 6) is 0.687. The van der Waals surface area contributed by atoms with E-state index in [0.29, 0.717) is 34.9 Å². The Morgan fingerprint density at radius 1 is 1.15 bits per heavy atom. The van der Waals surface area contributed by atoms with Crippen LogP contribution in [0, 0.1) is 5.82 Å². The summed E-state index contributed by atoms with van der Waals surface area (Å²) in [6.45, 7) is 2.61. The topological polar surface area (TPSA) is 84.1 Å². The Kier molecular flexibility index (Phi) is 5.43. The third kappa shape index (κ3) is 3.97. The van der Waals surface area contributed by atoms with Crippen molar-refractivity contribution in [2.75, 3.05) is 11.9 Å². The normalized spacial score (nSPS) is 12.0. The zero-order valence-electron chi connectivity index (χ0n) is 14.5. The number of phenols is 1. The van der Waals surface area contributed by atoms with Crippen molar-refractivity contribution in [2.45, 2.75) is 19.4 Å². The molecular weight excluding hydrogens is 331 g/mol. The van der Waals surface area contributed by atoms with Gasteiger partial charge < -0.3 is 16.2 Å². The van der Waals surface area contributed by atoms with Crippen molar-refractivity contribution in [1.29, 1.82) is 0 Å². The van der Waals surface area contributed by atoms with E-state index in [1.165, 1.54) is 12.1 Å². The van der Waals surface area contributed by atoms with Crippen molar-refractivity contribution in [3.8, 4) is 28.3 Å². The maximum Gasteiger partial charge on any atom is 0.165 e. The molecule has 0 aliphatic carbocycles. The molecule has 4 N–H and O–H groups in total. The second-order valence-corrected chi connectivity index (χ2v) is 6.03. The molecule has 26 heavy (non-hydrogen) atoms. The number of benzene rings is 2. The van der Waals surface area contributed by atoms with Crippen LogP contribution in [0.2, 0.25) is 0 Å². The van der Waals surface area contributed by atoms with E-state index in [4.69, 9.17) is 5.73 Å². The van der Waals surface area contributed by atoms with E-state index in [9.17, 15) is 9.50 Å². The third-order valence-electron chi connectivity index (χ3n) is 4.15. The number of nitrogens with zero attached hydrogens (tertiary/aromatic N) is 2. The Bertz CT molecular complexity index is 900. The number of nitrogens with two attached hydrogens (primary N) is 1. The fourth-order valence-corrected chi connectivity index (χ4v) is 2.54. The minimum Gasteiger partial charge on any atom is -0.507 e. The van der Waals surface area contributed by atoms with Crippen molar-refractivity contribution >= 4 is 5.82 Å². The molecule has 1 heterocycles. The smallest absolute Gasteiger partial charge is 0.165 e. The monoisotopic (exact) mass is 352 g/mol. The van der Waals surface area contributed by atoms with Crippen molar-refractivity contribution in [3.05, 3.63) is 60.5 Å². The highest BCUT2D eigenvalue weighted by atomic mass is 19.1. The van der Waals surface area contributed by atoms with Gasteiger partial charge in [-0.3, -0.25) is 0 Å². The Morgan fingerprint density at radius 3 is 2.73 bits per heavy atom. The summed E-state index contributed by atoms with van der Waals surface area (Å²) in [4.78, 5) is 8.67. The number of aromatic hydroxyl groups is 1. The first-order chi connectivity index (χ1) is 12.6. The summed E-state index contributed by atoms with van der Waals surface area (Å²) in [5.41, 5.74) is 7.45. The van der Waals surface area contributed by atoms with Crippen LogP contribution in [-0.2, 0) is 0 Å². The average Bonchev–Trinajstić information content (AvgIpc) is 2.67. The Balaban J connectivity index is 1.94. The van der Waals surface area contributed by atoms with Gasteiger partial charge in [0.15, 0.2) is 5.82 Å². The zero-order chi connectivity index (χ0) is 18.5. The second-order valence-electron chi connectivity index (χ2n) is 6.03. The molecule has 0 fully saturated rings. The number of phenolic OH excluding ortho intramolecular Hbond substituents is 1. The predicted molar refractivity (Wildman–Crippen MR) is 101 cm³/mol. The van der Waals surface area contributed by atoms with Gasteiger partial charge in [-0.1, -0.05) is 31.2 Å². The summed E-state index contributed by atoms with van der Waals surface area (Å²) in [6.07, 6.45) is 2.47. The summed E-state index contributed by atoms with van der Waals surface area (Å²) in [5, 5.41) is 13.4. The Morgan fingerprint density at radius 2 is 1.96 bits per heavy atom. The number of aromatic nitrogens is 2. The molecule has 0 spiro atoms. The van der Waals surface area contributed by atoms with E-state index in [1.807, 2.05) is 6.92 Å². The molecule has 0 bridgehead atoms. The molecule has 6 heteroatoms. The van der Waals surface area contributed by atoms with Gasteiger partial charge in [0.25, 0.3) is 0 Å². The van der Waals surface area contributed by atoms with Gasteiger partial charge in [0, 0.05) is 24.3 Å². The van der Waals surface area contributed by atoms with Crippen LogP contribution in [-0.4, -0.2) is 27.7 Å². The van der Waals surface area contributed by atoms with E-state index < -0.39 is 0 Å². The maximum atomic E-state index is 14.1. The molecule has 2 aromatic carbocycles. The fourth-order valence-electron chi connectivity index (χ4n) is 2.54. The van der Waals surface area contributed by atoms with E-state index in [1.54, 1.807) is 42.6 Å². The second kappa shape index (κ2) is 7.93. The number of nitrogens with one attached hydrogen (secondary N) is 1. The summed E-state index contributed by atoms with van der Waals surface area (Å²) in [7, 11) is 0. The van der Waals surface area contributed by atoms with Crippen LogP contribution >= 0.6 is 0 Å². The van der Waals surface area contributed by atoms with Gasteiger partial charge in [-0.2, -0.15) is 0 Å². The first kappa shape index (κ1) is 17.8. The average molecular weight is 352 g/mol. The number of hydrogen-bond acceptors (Lipinski definition) is 5. The molecule has 1 atom stereocenters. The fraction of sp³-hybridized carbons (Fsp3) is 0.200. The molecule has 0 unspecified atom stereocenters. The molecule has 0 saturated heterocycles. The molecule has 3 rings (SSSR count). The molecule has 3 aromatic rings. The summed E-state index contributed by atoms with van der Waals surface area (Å²) in [6, 6.07) is 13.1. The van der Waals surface area contributed by atoms with E-state index in [2.05, 4.69) is 15.3 Å². The van der Waals surface area contributed by atoms with Gasteiger partial charge in [-0.15, -0.1) is 0 Å². The summed E-state index contributed by atoms with van der Waals surface area (Å²) < 4.78 is 14.1. The SMILES string of the molecule is CC[C@@H](N)CNc1ccnc(-c2cc(-c3ccccc3F)ccc2O)n1. The lowest BCUT2D eigenvalue weighted by Crippen LogP contribution is -2.28. The van der Waals surface area contributed by atoms with Gasteiger partial charge in [-0.05, 0) is 36.2 Å². The van der Waals surface area contributed by atoms with Gasteiger partial charge in [0.2, 0.25) is 0 Å². The molecule has 0 aliphatic rings. The molecular formula is C20H21FN4O. The third-order valence-corrected chi connectivity index (χ3v) is 4.15. The largest absolute Gasteiger partial charge is 0.507 e. The van der Waals surface area contributed by atoms with Crippen molar-refractivity contribution in [1.82, 2.24) is 9.97 Å². The number of rotatable bonds is 6. The standard InChI is InChI=1S/C20H21FN4O/c1-2-14(22)12-24-19-9-10-23-20(25-19)16-11-13(7-8-18(16)26)15-5-3-4-6-17(15)21/h3-11,14,26H,2,12,22H2,1H3,(H,23,24,25)/t14-/m1/s1. The lowest BCUT2D eigenvalue weighted by Gasteiger charge is -2.12. The highest BCUT2D eigenvalue weighted by Crippen LogP contribution is 2.33. The number of anilines is 1. The molecule has 5 nitrogen and oxygen atoms in total. The minimum absolute atomic E-state index is 0.0335. The Labute approximate surface area is 151 Å². The maximum absolute atomic E-state index is 14.1. The Hall–Kier alpha value is -2.99. The van der Waals surface area contributed by atoms with Crippen molar-refractivity contribution in [2.24, 2.45) is 5.73 Å². The lowest BCUT2D eigenvalue weighted by molar-refractivity contribution is 0.477. The highest BCUT2D eigenvalue weighted by Gasteiger charge is 2.12. The lowest BCUT2D eigenvalue weighted by atomic mass is 10.0. The van der Waals surface area contributed by atoms with Gasteiger partial charge in [0.05, 0.1) is 5.56 Å². The van der Waals surface area contributed by atoms with Gasteiger partial charge in [0.1, 0.15) is 17.4 Å². The highest BCUT2D eigenvalue weighted by molar-refractivity contribution is 5.75. The molecule has 0 amide bonds. The van der Waals surface area contributed by atoms with Crippen LogP contribution in [0.25, 0.3) is 22.5 Å². The molecule has 0 saturated carbocycles. The first-order valence-electron chi connectivity index (χ1n) is 8.49. The molecule has 1 aromatic heterocycles. The number of halogens is 1. The van der Waals surface area contributed by atoms with Crippen LogP contribution in [0.1, 0.15) is 13.3 Å². The van der Waals surface area contributed by atoms with Crippen LogP contribution in [0.3, 0.4) is 0 Å². The number of hydrogen-bond donors (Lipinski definition) is 3. The van der Waals surface area contributed by atoms with Crippen LogP contribution in [0.5, 0.6) is 5.75 Å². The van der Waals surface area contributed by atoms with Gasteiger partial charge >= 0.3 is 0 Å². The minimum atomic E-state index is -0.325. The molecule has 134 valence electrons. The first-order valence-corrected chi connectivity index (χ1v) is 8.49. The van der Waals surface area contributed by atoms with Crippen LogP contribution in [0.15, 0.2) is 54.7 Å². The van der Waals surface area contributed by atoms with Crippen LogP contribution in [0.4, 0.5) is 10.2 Å². The summed E-state index contributed by atoms with van der Waals surface area (Å²) >= 11 is 0. The van der Waals surface area contributed by atoms with Gasteiger partial charge in [-0.25, -0.2) is 14.4 Å². The predicted octanol–water partition coefficient (Wildman–Crippen LogP) is 3.80. The van der Waals surface area contributed by atoms with E-state index in [0.717, 1.165) is 6.42 Å². The van der Waals surface area contributed by atoms with Crippen molar-refractivity contribution < 1.29 is 9.50 Å². The zero-order valence-corrected chi connectivity index (χ0v) is 14.5. The quantitative estimate of drug-likeness (QED) is 0.628.